The number of carbonyl (C=O) groups excluding carboxylic acids is 3. The van der Waals surface area contributed by atoms with E-state index in [0.29, 0.717) is 0 Å². The lowest BCUT2D eigenvalue weighted by Gasteiger charge is -2.19. The number of hydrogen-bond donors (Lipinski definition) is 2. The number of ether oxygens (including phenoxy) is 1. The van der Waals surface area contributed by atoms with Gasteiger partial charge in [0, 0.05) is 26.7 Å². The van der Waals surface area contributed by atoms with E-state index in [4.69, 9.17) is 4.74 Å². The van der Waals surface area contributed by atoms with Crippen LogP contribution < -0.4 is 10.6 Å². The van der Waals surface area contributed by atoms with Crippen LogP contribution in [0.5, 0.6) is 0 Å². The van der Waals surface area contributed by atoms with Gasteiger partial charge in [0.05, 0.1) is 4.90 Å². The molecule has 0 aromatic heterocycles. The molecule has 0 spiro atoms. The minimum Gasteiger partial charge on any atom is -0.454 e. The minimum absolute atomic E-state index is 0.0211. The molecular formula is C17H25N3O6S. The molecule has 0 radical (unpaired) electrons. The summed E-state index contributed by atoms with van der Waals surface area (Å²) >= 11 is 0. The number of anilines is 1. The van der Waals surface area contributed by atoms with Gasteiger partial charge in [0.1, 0.15) is 6.04 Å². The van der Waals surface area contributed by atoms with Crippen molar-refractivity contribution in [1.82, 2.24) is 9.62 Å². The molecule has 27 heavy (non-hydrogen) atoms. The lowest BCUT2D eigenvalue weighted by molar-refractivity contribution is -0.151. The fraction of sp³-hybridized carbons (Fsp3) is 0.471. The standard InChI is InChI=1S/C17H25N3O6S/c1-11(2)16(18-12(3)21)17(23)26-10-15(22)19-13-7-6-8-14(9-13)27(24,25)20(4)5/h6-9,11,16H,10H2,1-5H3,(H,18,21)(H,19,22)/t16-/m0/s1. The Morgan fingerprint density at radius 2 is 1.81 bits per heavy atom. The van der Waals surface area contributed by atoms with Crippen molar-refractivity contribution in [1.29, 1.82) is 0 Å². The van der Waals surface area contributed by atoms with Crippen LogP contribution in [-0.2, 0) is 29.1 Å². The molecule has 0 unspecified atom stereocenters. The molecule has 1 rings (SSSR count). The third kappa shape index (κ3) is 6.65. The van der Waals surface area contributed by atoms with E-state index in [1.54, 1.807) is 13.8 Å². The van der Waals surface area contributed by atoms with E-state index in [0.717, 1.165) is 4.31 Å². The van der Waals surface area contributed by atoms with Crippen LogP contribution in [0.1, 0.15) is 20.8 Å². The van der Waals surface area contributed by atoms with Gasteiger partial charge in [-0.05, 0) is 24.1 Å². The molecule has 1 atom stereocenters. The van der Waals surface area contributed by atoms with Crippen LogP contribution in [0.3, 0.4) is 0 Å². The predicted molar refractivity (Wildman–Crippen MR) is 99.3 cm³/mol. The van der Waals surface area contributed by atoms with E-state index < -0.39 is 34.5 Å². The predicted octanol–water partition coefficient (Wildman–Crippen LogP) is 0.579. The van der Waals surface area contributed by atoms with Crippen molar-refractivity contribution in [3.8, 4) is 0 Å². The van der Waals surface area contributed by atoms with Crippen molar-refractivity contribution in [2.45, 2.75) is 31.7 Å². The molecule has 0 aliphatic rings. The number of esters is 1. The molecule has 0 bridgehead atoms. The number of sulfonamides is 1. The number of hydrogen-bond acceptors (Lipinski definition) is 6. The first-order chi connectivity index (χ1) is 12.4. The summed E-state index contributed by atoms with van der Waals surface area (Å²) in [6.45, 7) is 4.19. The molecule has 10 heteroatoms. The highest BCUT2D eigenvalue weighted by molar-refractivity contribution is 7.89. The topological polar surface area (TPSA) is 122 Å². The van der Waals surface area contributed by atoms with Gasteiger partial charge in [-0.2, -0.15) is 0 Å². The zero-order valence-electron chi connectivity index (χ0n) is 16.0. The average Bonchev–Trinajstić information content (AvgIpc) is 2.57. The first-order valence-corrected chi connectivity index (χ1v) is 9.65. The summed E-state index contributed by atoms with van der Waals surface area (Å²) in [7, 11) is -0.831. The van der Waals surface area contributed by atoms with Gasteiger partial charge in [-0.25, -0.2) is 17.5 Å². The summed E-state index contributed by atoms with van der Waals surface area (Å²) in [5.41, 5.74) is 0.251. The van der Waals surface area contributed by atoms with Crippen molar-refractivity contribution in [2.75, 3.05) is 26.0 Å². The Hall–Kier alpha value is -2.46. The highest BCUT2D eigenvalue weighted by Gasteiger charge is 2.25. The summed E-state index contributed by atoms with van der Waals surface area (Å²) in [5, 5.41) is 4.94. The number of nitrogens with one attached hydrogen (secondary N) is 2. The molecule has 1 aromatic rings. The van der Waals surface area contributed by atoms with Gasteiger partial charge >= 0.3 is 5.97 Å². The molecule has 9 nitrogen and oxygen atoms in total. The Morgan fingerprint density at radius 3 is 2.33 bits per heavy atom. The van der Waals surface area contributed by atoms with Crippen LogP contribution in [0.25, 0.3) is 0 Å². The number of benzene rings is 1. The molecule has 0 fully saturated rings. The van der Waals surface area contributed by atoms with E-state index in [1.807, 2.05) is 0 Å². The normalized spacial score (nSPS) is 12.6. The Labute approximate surface area is 159 Å². The summed E-state index contributed by atoms with van der Waals surface area (Å²) in [5.74, 6) is -1.95. The molecule has 0 saturated heterocycles. The maximum atomic E-state index is 12.1. The van der Waals surface area contributed by atoms with Crippen LogP contribution in [0, 0.1) is 5.92 Å². The molecular weight excluding hydrogens is 374 g/mol. The Morgan fingerprint density at radius 1 is 1.19 bits per heavy atom. The quantitative estimate of drug-likeness (QED) is 0.617. The fourth-order valence-corrected chi connectivity index (χ4v) is 3.03. The summed E-state index contributed by atoms with van der Waals surface area (Å²) in [6, 6.07) is 4.87. The van der Waals surface area contributed by atoms with Crippen LogP contribution in [0.2, 0.25) is 0 Å². The fourth-order valence-electron chi connectivity index (χ4n) is 2.09. The monoisotopic (exact) mass is 399 g/mol. The van der Waals surface area contributed by atoms with Gasteiger partial charge in [-0.1, -0.05) is 19.9 Å². The van der Waals surface area contributed by atoms with Crippen LogP contribution in [0.4, 0.5) is 5.69 Å². The van der Waals surface area contributed by atoms with Crippen LogP contribution in [-0.4, -0.2) is 57.3 Å². The Balaban J connectivity index is 2.73. The third-order valence-corrected chi connectivity index (χ3v) is 5.33. The van der Waals surface area contributed by atoms with E-state index in [1.165, 1.54) is 45.3 Å². The SMILES string of the molecule is CC(=O)N[C@H](C(=O)OCC(=O)Nc1cccc(S(=O)(=O)N(C)C)c1)C(C)C. The van der Waals surface area contributed by atoms with Gasteiger partial charge in [-0.3, -0.25) is 9.59 Å². The molecule has 0 heterocycles. The van der Waals surface area contributed by atoms with Gasteiger partial charge in [0.2, 0.25) is 15.9 Å². The molecule has 2 amide bonds. The van der Waals surface area contributed by atoms with Gasteiger partial charge in [0.15, 0.2) is 6.61 Å². The first-order valence-electron chi connectivity index (χ1n) is 8.21. The van der Waals surface area contributed by atoms with E-state index in [-0.39, 0.29) is 22.4 Å². The second kappa shape index (κ2) is 9.47. The lowest BCUT2D eigenvalue weighted by atomic mass is 10.0. The van der Waals surface area contributed by atoms with Crippen molar-refractivity contribution in [2.24, 2.45) is 5.92 Å². The highest BCUT2D eigenvalue weighted by Crippen LogP contribution is 2.18. The third-order valence-electron chi connectivity index (χ3n) is 3.52. The second-order valence-corrected chi connectivity index (χ2v) is 8.55. The summed E-state index contributed by atoms with van der Waals surface area (Å²) < 4.78 is 30.2. The molecule has 150 valence electrons. The zero-order valence-corrected chi connectivity index (χ0v) is 16.8. The van der Waals surface area contributed by atoms with Crippen molar-refractivity contribution >= 4 is 33.5 Å². The molecule has 1 aromatic carbocycles. The van der Waals surface area contributed by atoms with Gasteiger partial charge < -0.3 is 15.4 Å². The smallest absolute Gasteiger partial charge is 0.329 e. The summed E-state index contributed by atoms with van der Waals surface area (Å²) in [6.07, 6.45) is 0. The van der Waals surface area contributed by atoms with Crippen LogP contribution >= 0.6 is 0 Å². The summed E-state index contributed by atoms with van der Waals surface area (Å²) in [4.78, 5) is 35.2. The van der Waals surface area contributed by atoms with E-state index in [9.17, 15) is 22.8 Å². The molecule has 0 aliphatic heterocycles. The highest BCUT2D eigenvalue weighted by atomic mass is 32.2. The minimum atomic E-state index is -3.64. The van der Waals surface area contributed by atoms with E-state index >= 15 is 0 Å². The van der Waals surface area contributed by atoms with Crippen molar-refractivity contribution < 1.29 is 27.5 Å². The Kier molecular flexibility index (Phi) is 7.92. The maximum Gasteiger partial charge on any atom is 0.329 e. The average molecular weight is 399 g/mol. The molecule has 0 aliphatic carbocycles. The number of rotatable bonds is 8. The number of carbonyl (C=O) groups is 3. The van der Waals surface area contributed by atoms with Crippen molar-refractivity contribution in [3.63, 3.8) is 0 Å². The lowest BCUT2D eigenvalue weighted by Crippen LogP contribution is -2.45. The second-order valence-electron chi connectivity index (χ2n) is 6.39. The van der Waals surface area contributed by atoms with Crippen LogP contribution in [0.15, 0.2) is 29.2 Å². The van der Waals surface area contributed by atoms with Gasteiger partial charge in [-0.15, -0.1) is 0 Å². The number of nitrogens with zero attached hydrogens (tertiary/aromatic N) is 1. The molecule has 0 saturated carbocycles. The Bertz CT molecular complexity index is 805. The molecule has 2 N–H and O–H groups in total. The largest absolute Gasteiger partial charge is 0.454 e. The number of amides is 2. The van der Waals surface area contributed by atoms with E-state index in [2.05, 4.69) is 10.6 Å². The zero-order chi connectivity index (χ0) is 20.8. The first kappa shape index (κ1) is 22.6. The van der Waals surface area contributed by atoms with Crippen molar-refractivity contribution in [3.05, 3.63) is 24.3 Å². The maximum absolute atomic E-state index is 12.1. The van der Waals surface area contributed by atoms with Gasteiger partial charge in [0.25, 0.3) is 5.91 Å².